The third kappa shape index (κ3) is 10.7. The standard InChI is InChI=1S/C66H68N4O/c1-44-36-54(27-29-56(44)51-32-34-66(3,4)35-33-51)60-40-63(59-17-11-16-57-58-28-18-45(2)70-65(58)71-64(57)59)69-43-55(60)26-23-50-38-48(21-19-46-24-30-61(67-41-46)52-12-7-5-8-13-52)37-49(39-50)22-20-47-25-31-62(68-42-47)53-14-9-6-10-15-53/h5-18,24-25,27-31,36,40-43,48-51H,19-23,26,32-35,37-39H2,1-4H3/i1D3,2D3,21D2,23D2,51D. The first-order valence-electron chi connectivity index (χ1n) is 30.9. The van der Waals surface area contributed by atoms with Gasteiger partial charge in [-0.15, -0.1) is 0 Å². The maximum Gasteiger partial charge on any atom is 0.227 e. The molecule has 0 N–H and O–H groups in total. The number of aromatic nitrogens is 4. The zero-order chi connectivity index (χ0) is 57.8. The van der Waals surface area contributed by atoms with Gasteiger partial charge in [0.15, 0.2) is 0 Å². The molecule has 71 heavy (non-hydrogen) atoms. The van der Waals surface area contributed by atoms with Crippen LogP contribution in [-0.2, 0) is 19.3 Å². The van der Waals surface area contributed by atoms with E-state index in [9.17, 15) is 6.85 Å². The summed E-state index contributed by atoms with van der Waals surface area (Å²) in [6.45, 7) is -0.635. The monoisotopic (exact) mass is 944 g/mol. The molecule has 11 rings (SSSR count). The van der Waals surface area contributed by atoms with Gasteiger partial charge in [-0.25, -0.2) is 4.98 Å². The molecule has 0 bridgehead atoms. The van der Waals surface area contributed by atoms with E-state index >= 15 is 0 Å². The van der Waals surface area contributed by atoms with Crippen molar-refractivity contribution in [1.29, 1.82) is 0 Å². The number of furan rings is 1. The molecule has 2 saturated carbocycles. The summed E-state index contributed by atoms with van der Waals surface area (Å²) in [5, 5.41) is 1.33. The van der Waals surface area contributed by atoms with Crippen molar-refractivity contribution >= 4 is 22.1 Å². The Kier molecular flexibility index (Phi) is 10.2. The molecular weight excluding hydrogens is 865 g/mol. The summed E-state index contributed by atoms with van der Waals surface area (Å²) in [4.78, 5) is 18.9. The van der Waals surface area contributed by atoms with Crippen LogP contribution in [0.1, 0.15) is 132 Å². The Morgan fingerprint density at radius 3 is 1.94 bits per heavy atom. The van der Waals surface area contributed by atoms with Crippen LogP contribution in [0.5, 0.6) is 0 Å². The van der Waals surface area contributed by atoms with Crippen molar-refractivity contribution in [3.05, 3.63) is 192 Å². The van der Waals surface area contributed by atoms with Gasteiger partial charge < -0.3 is 4.42 Å². The summed E-state index contributed by atoms with van der Waals surface area (Å²) in [6.07, 6.45) is 7.25. The molecule has 0 saturated heterocycles. The smallest absolute Gasteiger partial charge is 0.227 e. The minimum atomic E-state index is -2.57. The van der Waals surface area contributed by atoms with Crippen LogP contribution in [0, 0.1) is 36.9 Å². The Balaban J connectivity index is 0.960. The van der Waals surface area contributed by atoms with Crippen LogP contribution in [-0.4, -0.2) is 19.9 Å². The highest BCUT2D eigenvalue weighted by molar-refractivity contribution is 6.08. The second-order valence-corrected chi connectivity index (χ2v) is 20.7. The van der Waals surface area contributed by atoms with Crippen molar-refractivity contribution in [2.45, 2.75) is 117 Å². The van der Waals surface area contributed by atoms with E-state index in [0.29, 0.717) is 88.4 Å². The lowest BCUT2D eigenvalue weighted by Crippen LogP contribution is -2.24. The maximum absolute atomic E-state index is 10.2. The van der Waals surface area contributed by atoms with Gasteiger partial charge in [0.1, 0.15) is 5.58 Å². The van der Waals surface area contributed by atoms with Crippen LogP contribution in [0.2, 0.25) is 0 Å². The molecule has 5 heterocycles. The molecule has 2 fully saturated rings. The number of aryl methyl sites for hydroxylation is 5. The largest absolute Gasteiger partial charge is 0.437 e. The highest BCUT2D eigenvalue weighted by atomic mass is 16.3. The lowest BCUT2D eigenvalue weighted by molar-refractivity contribution is 0.172. The van der Waals surface area contributed by atoms with E-state index in [1.165, 1.54) is 6.07 Å². The average molecular weight is 944 g/mol. The first-order valence-corrected chi connectivity index (χ1v) is 25.4. The zero-order valence-electron chi connectivity index (χ0n) is 51.7. The Morgan fingerprint density at radius 1 is 0.592 bits per heavy atom. The van der Waals surface area contributed by atoms with Crippen molar-refractivity contribution in [3.63, 3.8) is 0 Å². The second kappa shape index (κ2) is 20.6. The molecule has 5 aromatic heterocycles. The van der Waals surface area contributed by atoms with Crippen LogP contribution in [0.4, 0.5) is 0 Å². The van der Waals surface area contributed by atoms with Gasteiger partial charge in [-0.2, -0.15) is 0 Å². The van der Waals surface area contributed by atoms with Crippen molar-refractivity contribution in [3.8, 4) is 44.9 Å². The fourth-order valence-corrected chi connectivity index (χ4v) is 11.0. The molecule has 9 aromatic rings. The van der Waals surface area contributed by atoms with Crippen LogP contribution < -0.4 is 0 Å². The second-order valence-electron chi connectivity index (χ2n) is 20.7. The normalized spacial score (nSPS) is 21.8. The van der Waals surface area contributed by atoms with Crippen molar-refractivity contribution < 1.29 is 19.5 Å². The molecule has 5 nitrogen and oxygen atoms in total. The third-order valence-corrected chi connectivity index (χ3v) is 15.2. The van der Waals surface area contributed by atoms with Crippen molar-refractivity contribution in [2.24, 2.45) is 23.2 Å². The van der Waals surface area contributed by atoms with Gasteiger partial charge in [-0.05, 0) is 201 Å². The Morgan fingerprint density at radius 2 is 1.27 bits per heavy atom. The van der Waals surface area contributed by atoms with Crippen LogP contribution >= 0.6 is 0 Å². The van der Waals surface area contributed by atoms with E-state index in [1.54, 1.807) is 30.6 Å². The van der Waals surface area contributed by atoms with Gasteiger partial charge >= 0.3 is 0 Å². The Bertz CT molecular complexity index is 3720. The number of nitrogens with zero attached hydrogens (tertiary/aromatic N) is 4. The molecule has 3 unspecified atom stereocenters. The summed E-state index contributed by atoms with van der Waals surface area (Å²) in [6, 6.07) is 43.9. The number of para-hydroxylation sites is 1. The number of hydrogen-bond acceptors (Lipinski definition) is 5. The van der Waals surface area contributed by atoms with Crippen molar-refractivity contribution in [1.82, 2.24) is 19.9 Å². The quantitative estimate of drug-likeness (QED) is 0.109. The molecule has 0 aliphatic heterocycles. The SMILES string of the molecule is [2H]C([2H])([2H])c1ccc2c(n1)oc1c(-c3cc(-c4ccc(C5([2H])CCC(C)(C)CC5)c(C([2H])([2H])[2H])c4)c(CC([2H])([2H])C4CC(CCc5ccc(-c6ccccc6)nc5)CC(C([2H])([2H])Cc5ccc(-c6ccccc6)nc5)C4)cn3)cccc12. The van der Waals surface area contributed by atoms with E-state index < -0.39 is 44.2 Å². The lowest BCUT2D eigenvalue weighted by atomic mass is 9.70. The number of benzene rings is 4. The first-order chi connectivity index (χ1) is 38.9. The lowest BCUT2D eigenvalue weighted by Gasteiger charge is -2.35. The highest BCUT2D eigenvalue weighted by Gasteiger charge is 2.30. The first kappa shape index (κ1) is 35.4. The number of pyridine rings is 4. The predicted octanol–water partition coefficient (Wildman–Crippen LogP) is 17.4. The Hall–Kier alpha value is -6.72. The van der Waals surface area contributed by atoms with Gasteiger partial charge in [0.2, 0.25) is 5.71 Å². The number of hydrogen-bond donors (Lipinski definition) is 0. The van der Waals surface area contributed by atoms with Crippen LogP contribution in [0.25, 0.3) is 67.0 Å². The molecule has 0 spiro atoms. The summed E-state index contributed by atoms with van der Waals surface area (Å²) >= 11 is 0. The minimum Gasteiger partial charge on any atom is -0.437 e. The van der Waals surface area contributed by atoms with Gasteiger partial charge in [0.25, 0.3) is 0 Å². The van der Waals surface area contributed by atoms with Gasteiger partial charge in [-0.3, -0.25) is 15.0 Å². The zero-order valence-corrected chi connectivity index (χ0v) is 40.7. The summed E-state index contributed by atoms with van der Waals surface area (Å²) in [7, 11) is 0. The van der Waals surface area contributed by atoms with Crippen LogP contribution in [0.3, 0.4) is 0 Å². The minimum absolute atomic E-state index is 0.00664. The van der Waals surface area contributed by atoms with E-state index in [4.69, 9.17) is 27.6 Å². The molecule has 3 atom stereocenters. The van der Waals surface area contributed by atoms with E-state index in [0.717, 1.165) is 52.9 Å². The molecule has 4 aromatic carbocycles. The number of fused-ring (bicyclic) bond motifs is 3. The van der Waals surface area contributed by atoms with Gasteiger partial charge in [0, 0.05) is 66.8 Å². The van der Waals surface area contributed by atoms with E-state index in [2.05, 4.69) is 24.9 Å². The van der Waals surface area contributed by atoms with Crippen molar-refractivity contribution in [2.75, 3.05) is 0 Å². The molecule has 0 amide bonds. The fraction of sp³-hybridized carbons (Fsp3) is 0.333. The summed E-state index contributed by atoms with van der Waals surface area (Å²) < 4.78 is 107. The summed E-state index contributed by atoms with van der Waals surface area (Å²) in [5.41, 5.74) is 9.36. The molecule has 5 heteroatoms. The highest BCUT2D eigenvalue weighted by Crippen LogP contribution is 2.45. The summed E-state index contributed by atoms with van der Waals surface area (Å²) in [5.74, 6) is -2.15. The topological polar surface area (TPSA) is 64.7 Å². The van der Waals surface area contributed by atoms with Gasteiger partial charge in [-0.1, -0.05) is 117 Å². The molecule has 2 aliphatic rings. The molecule has 2 aliphatic carbocycles. The third-order valence-electron chi connectivity index (χ3n) is 15.2. The predicted molar refractivity (Wildman–Crippen MR) is 293 cm³/mol. The van der Waals surface area contributed by atoms with Crippen LogP contribution in [0.15, 0.2) is 163 Å². The molecule has 358 valence electrons. The van der Waals surface area contributed by atoms with Gasteiger partial charge in [0.05, 0.1) is 17.1 Å². The number of rotatable bonds is 14. The molecule has 0 radical (unpaired) electrons. The Labute approximate surface area is 436 Å². The molecular formula is C66H68N4O. The fourth-order valence-electron chi connectivity index (χ4n) is 11.0. The average Bonchev–Trinajstić information content (AvgIpc) is 2.81. The van der Waals surface area contributed by atoms with E-state index in [-0.39, 0.29) is 41.1 Å². The maximum atomic E-state index is 10.2. The van der Waals surface area contributed by atoms with E-state index in [1.807, 2.05) is 115 Å².